The summed E-state index contributed by atoms with van der Waals surface area (Å²) in [6.07, 6.45) is 8.98. The van der Waals surface area contributed by atoms with Gasteiger partial charge in [0, 0.05) is 16.1 Å². The smallest absolute Gasteiger partial charge is 0.0808 e. The molecule has 1 aromatic rings. The Morgan fingerprint density at radius 3 is 2.70 bits per heavy atom. The van der Waals surface area contributed by atoms with E-state index in [1.165, 1.54) is 24.2 Å². The molecule has 1 aromatic carbocycles. The van der Waals surface area contributed by atoms with Crippen LogP contribution in [0.5, 0.6) is 0 Å². The van der Waals surface area contributed by atoms with E-state index in [1.807, 2.05) is 0 Å². The number of thioether (sulfide) groups is 1. The quantitative estimate of drug-likeness (QED) is 0.716. The Hall–Kier alpha value is -1.09. The molecule has 0 aromatic heterocycles. The molecule has 6 aliphatic rings. The van der Waals surface area contributed by atoms with Crippen molar-refractivity contribution in [2.75, 3.05) is 0 Å². The second-order valence-corrected chi connectivity index (χ2v) is 9.45. The van der Waals surface area contributed by atoms with Crippen LogP contribution >= 0.6 is 11.8 Å². The lowest BCUT2D eigenvalue weighted by molar-refractivity contribution is 0.0202. The van der Waals surface area contributed by atoms with E-state index in [-0.39, 0.29) is 0 Å². The lowest BCUT2D eigenvalue weighted by Crippen LogP contribution is -2.55. The molecule has 0 amide bonds. The van der Waals surface area contributed by atoms with Gasteiger partial charge in [-0.05, 0) is 61.0 Å². The minimum Gasteiger partial charge on any atom is -0.190 e. The third-order valence-electron chi connectivity index (χ3n) is 7.32. The number of nitrogens with zero attached hydrogens (tertiary/aromatic N) is 2. The fourth-order valence-corrected chi connectivity index (χ4v) is 8.10. The number of rotatable bonds is 2. The van der Waals surface area contributed by atoms with Crippen molar-refractivity contribution in [2.24, 2.45) is 45.7 Å². The summed E-state index contributed by atoms with van der Waals surface area (Å²) in [5.41, 5.74) is 0. The molecule has 4 bridgehead atoms. The summed E-state index contributed by atoms with van der Waals surface area (Å²) in [5, 5.41) is 10.4. The third kappa shape index (κ3) is 1.72. The van der Waals surface area contributed by atoms with Gasteiger partial charge in [0.2, 0.25) is 0 Å². The molecule has 0 spiro atoms. The second kappa shape index (κ2) is 4.72. The van der Waals surface area contributed by atoms with Crippen LogP contribution in [0.2, 0.25) is 0 Å². The summed E-state index contributed by atoms with van der Waals surface area (Å²) in [6.45, 7) is 0. The zero-order valence-corrected chi connectivity index (χ0v) is 14.0. The zero-order chi connectivity index (χ0) is 15.0. The highest BCUT2D eigenvalue weighted by molar-refractivity contribution is 8.00. The van der Waals surface area contributed by atoms with Gasteiger partial charge in [0.05, 0.1) is 12.1 Å². The summed E-state index contributed by atoms with van der Waals surface area (Å²) < 4.78 is 0. The number of allylic oxidation sites excluding steroid dienone is 1. The van der Waals surface area contributed by atoms with Crippen molar-refractivity contribution in [2.45, 2.75) is 41.5 Å². The summed E-state index contributed by atoms with van der Waals surface area (Å²) in [7, 11) is 0. The first kappa shape index (κ1) is 13.2. The van der Waals surface area contributed by atoms with E-state index in [2.05, 4.69) is 54.2 Å². The van der Waals surface area contributed by atoms with Crippen molar-refractivity contribution < 1.29 is 0 Å². The summed E-state index contributed by atoms with van der Waals surface area (Å²) >= 11 is 2.13. The van der Waals surface area contributed by atoms with E-state index in [4.69, 9.17) is 10.2 Å². The van der Waals surface area contributed by atoms with E-state index in [0.29, 0.717) is 12.1 Å². The van der Waals surface area contributed by atoms with Gasteiger partial charge in [-0.3, -0.25) is 0 Å². The van der Waals surface area contributed by atoms with E-state index in [0.717, 1.165) is 40.8 Å². The zero-order valence-electron chi connectivity index (χ0n) is 13.2. The number of hydrogen-bond acceptors (Lipinski definition) is 3. The Morgan fingerprint density at radius 2 is 1.78 bits per heavy atom. The van der Waals surface area contributed by atoms with Gasteiger partial charge in [0.25, 0.3) is 0 Å². The van der Waals surface area contributed by atoms with E-state index < -0.39 is 0 Å². The van der Waals surface area contributed by atoms with Crippen molar-refractivity contribution in [1.82, 2.24) is 0 Å². The lowest BCUT2D eigenvalue weighted by Gasteiger charge is -2.52. The molecule has 4 aliphatic carbocycles. The van der Waals surface area contributed by atoms with Gasteiger partial charge < -0.3 is 0 Å². The number of benzene rings is 1. The summed E-state index contributed by atoms with van der Waals surface area (Å²) in [6, 6.07) is 12.1. The Balaban J connectivity index is 1.31. The van der Waals surface area contributed by atoms with Crippen LogP contribution in [-0.4, -0.2) is 17.3 Å². The topological polar surface area (TPSA) is 24.7 Å². The van der Waals surface area contributed by atoms with Crippen molar-refractivity contribution in [3.63, 3.8) is 0 Å². The number of azo groups is 1. The Kier molecular flexibility index (Phi) is 2.71. The van der Waals surface area contributed by atoms with Crippen molar-refractivity contribution in [3.8, 4) is 0 Å². The predicted octanol–water partition coefficient (Wildman–Crippen LogP) is 4.83. The highest BCUT2D eigenvalue weighted by atomic mass is 32.2. The molecule has 3 heteroatoms. The highest BCUT2D eigenvalue weighted by Crippen LogP contribution is 2.66. The second-order valence-electron chi connectivity index (χ2n) is 8.14. The molecular weight excluding hydrogens is 300 g/mol. The molecule has 0 N–H and O–H groups in total. The highest BCUT2D eigenvalue weighted by Gasteiger charge is 2.65. The average molecular weight is 322 g/mol. The Morgan fingerprint density at radius 1 is 0.913 bits per heavy atom. The molecule has 9 atom stereocenters. The van der Waals surface area contributed by atoms with Gasteiger partial charge in [-0.25, -0.2) is 0 Å². The molecule has 2 aliphatic heterocycles. The number of fused-ring (bicyclic) bond motifs is 2. The Bertz CT molecular complexity index is 684. The van der Waals surface area contributed by atoms with Crippen molar-refractivity contribution in [3.05, 3.63) is 42.5 Å². The van der Waals surface area contributed by atoms with Crippen molar-refractivity contribution >= 4 is 11.8 Å². The molecule has 3 saturated carbocycles. The van der Waals surface area contributed by atoms with E-state index in [1.54, 1.807) is 0 Å². The molecule has 2 heterocycles. The maximum absolute atomic E-state index is 4.82. The molecule has 0 saturated heterocycles. The average Bonchev–Trinajstić information content (AvgIpc) is 3.31. The standard InChI is InChI=1S/C20H22N2S/c1-2-5-12(6-3-1)23-16-10-11-9-15(16)18-17(11)19-13-7-4-8-14(13)20(18)22-21-19/h1-7,11,13-20H,8-10H2/t11-,13-,14+,15-,16-,17-,18-,19-,20-/m1/s1. The van der Waals surface area contributed by atoms with E-state index in [9.17, 15) is 0 Å². The third-order valence-corrected chi connectivity index (χ3v) is 8.71. The predicted molar refractivity (Wildman–Crippen MR) is 92.5 cm³/mol. The van der Waals surface area contributed by atoms with Gasteiger partial charge in [-0.2, -0.15) is 10.2 Å². The van der Waals surface area contributed by atoms with Gasteiger partial charge in [-0.15, -0.1) is 11.8 Å². The fraction of sp³-hybridized carbons (Fsp3) is 0.600. The molecule has 118 valence electrons. The van der Waals surface area contributed by atoms with Gasteiger partial charge >= 0.3 is 0 Å². The maximum atomic E-state index is 4.82. The first-order chi connectivity index (χ1) is 11.4. The molecule has 3 fully saturated rings. The minimum absolute atomic E-state index is 0.520. The molecular formula is C20H22N2S. The van der Waals surface area contributed by atoms with Crippen LogP contribution in [0.25, 0.3) is 0 Å². The van der Waals surface area contributed by atoms with Crippen LogP contribution in [0.3, 0.4) is 0 Å². The van der Waals surface area contributed by atoms with Gasteiger partial charge in [-0.1, -0.05) is 30.4 Å². The van der Waals surface area contributed by atoms with Gasteiger partial charge in [0.1, 0.15) is 0 Å². The molecule has 2 nitrogen and oxygen atoms in total. The van der Waals surface area contributed by atoms with Crippen LogP contribution in [0, 0.1) is 35.5 Å². The van der Waals surface area contributed by atoms with Crippen LogP contribution in [-0.2, 0) is 0 Å². The fourth-order valence-electron chi connectivity index (χ4n) is 6.63. The lowest BCUT2D eigenvalue weighted by atomic mass is 9.58. The molecule has 23 heavy (non-hydrogen) atoms. The van der Waals surface area contributed by atoms with Crippen LogP contribution in [0.4, 0.5) is 0 Å². The van der Waals surface area contributed by atoms with Crippen molar-refractivity contribution in [1.29, 1.82) is 0 Å². The molecule has 7 rings (SSSR count). The van der Waals surface area contributed by atoms with Crippen LogP contribution < -0.4 is 0 Å². The van der Waals surface area contributed by atoms with E-state index >= 15 is 0 Å². The minimum atomic E-state index is 0.520. The summed E-state index contributed by atoms with van der Waals surface area (Å²) in [5.74, 6) is 4.97. The normalized spacial score (nSPS) is 51.2. The van der Waals surface area contributed by atoms with Crippen LogP contribution in [0.1, 0.15) is 19.3 Å². The first-order valence-electron chi connectivity index (χ1n) is 9.18. The summed E-state index contributed by atoms with van der Waals surface area (Å²) in [4.78, 5) is 1.45. The Labute approximate surface area is 141 Å². The largest absolute Gasteiger partial charge is 0.190 e. The maximum Gasteiger partial charge on any atom is 0.0808 e. The molecule has 0 unspecified atom stereocenters. The SMILES string of the molecule is C1=C[C@@H]2[C@H](C1)[C@H]1N=N[C@H]2[C@@H]2[C@@H]3C[C@@H]([C@@H]12)[C@H](Sc1ccccc1)C3. The monoisotopic (exact) mass is 322 g/mol. The van der Waals surface area contributed by atoms with Gasteiger partial charge in [0.15, 0.2) is 0 Å². The number of hydrogen-bond donors (Lipinski definition) is 0. The molecule has 0 radical (unpaired) electrons. The first-order valence-corrected chi connectivity index (χ1v) is 10.1. The van der Waals surface area contributed by atoms with Crippen LogP contribution in [0.15, 0.2) is 57.6 Å².